The van der Waals surface area contributed by atoms with Crippen LogP contribution in [0.1, 0.15) is 16.7 Å². The Hall–Kier alpha value is -2.63. The van der Waals surface area contributed by atoms with Crippen molar-refractivity contribution in [2.75, 3.05) is 6.61 Å². The van der Waals surface area contributed by atoms with Crippen LogP contribution < -0.4 is 0 Å². The lowest BCUT2D eigenvalue weighted by molar-refractivity contribution is -0.322. The highest BCUT2D eigenvalue weighted by Gasteiger charge is 2.53. The van der Waals surface area contributed by atoms with E-state index in [2.05, 4.69) is 0 Å². The van der Waals surface area contributed by atoms with Crippen LogP contribution in [0, 0.1) is 0 Å². The van der Waals surface area contributed by atoms with Crippen LogP contribution in [-0.4, -0.2) is 45.7 Å². The van der Waals surface area contributed by atoms with Crippen molar-refractivity contribution in [2.45, 2.75) is 50.5 Å². The monoisotopic (exact) mass is 512 g/mol. The van der Waals surface area contributed by atoms with E-state index in [9.17, 15) is 8.42 Å². The molecule has 9 heteroatoms. The fourth-order valence-electron chi connectivity index (χ4n) is 4.23. The zero-order chi connectivity index (χ0) is 24.8. The molecule has 0 aliphatic carbocycles. The van der Waals surface area contributed by atoms with Crippen LogP contribution in [0.4, 0.5) is 0 Å². The molecule has 0 saturated carbocycles. The van der Waals surface area contributed by atoms with E-state index in [1.807, 2.05) is 91.0 Å². The summed E-state index contributed by atoms with van der Waals surface area (Å²) in [6.45, 7) is 0.565. The van der Waals surface area contributed by atoms with Gasteiger partial charge in [0.1, 0.15) is 24.4 Å². The van der Waals surface area contributed by atoms with Crippen molar-refractivity contribution in [2.24, 2.45) is 0 Å². The molecular weight excluding hydrogens is 484 g/mol. The quantitative estimate of drug-likeness (QED) is 0.428. The minimum absolute atomic E-state index is 0.200. The molecule has 0 radical (unpaired) electrons. The van der Waals surface area contributed by atoms with Gasteiger partial charge in [-0.3, -0.25) is 0 Å². The average molecular weight is 513 g/mol. The highest BCUT2D eigenvalue weighted by molar-refractivity contribution is 7.81. The van der Waals surface area contributed by atoms with Crippen molar-refractivity contribution in [3.05, 3.63) is 108 Å². The van der Waals surface area contributed by atoms with Crippen molar-refractivity contribution in [1.29, 1.82) is 0 Å². The van der Waals surface area contributed by atoms with Gasteiger partial charge in [-0.2, -0.15) is 8.42 Å². The van der Waals surface area contributed by atoms with Crippen LogP contribution in [0.2, 0.25) is 0 Å². The molecule has 0 bridgehead atoms. The Labute approximate surface area is 211 Å². The van der Waals surface area contributed by atoms with E-state index in [0.717, 1.165) is 16.7 Å². The average Bonchev–Trinajstić information content (AvgIpc) is 2.91. The van der Waals surface area contributed by atoms with Crippen LogP contribution in [0.15, 0.2) is 91.0 Å². The first-order chi connectivity index (χ1) is 17.6. The van der Waals surface area contributed by atoms with E-state index in [1.54, 1.807) is 0 Å². The first-order valence-electron chi connectivity index (χ1n) is 11.8. The van der Waals surface area contributed by atoms with Gasteiger partial charge in [-0.25, -0.2) is 8.37 Å². The summed E-state index contributed by atoms with van der Waals surface area (Å²) < 4.78 is 59.5. The molecule has 2 saturated heterocycles. The fraction of sp³-hybridized carbons (Fsp3) is 0.333. The number of ether oxygens (including phenoxy) is 4. The van der Waals surface area contributed by atoms with Gasteiger partial charge in [-0.05, 0) is 16.7 Å². The van der Waals surface area contributed by atoms with Crippen LogP contribution in [0.5, 0.6) is 0 Å². The van der Waals surface area contributed by atoms with E-state index in [4.69, 9.17) is 27.3 Å². The summed E-state index contributed by atoms with van der Waals surface area (Å²) in [4.78, 5) is 0. The number of rotatable bonds is 9. The van der Waals surface area contributed by atoms with Crippen molar-refractivity contribution < 1.29 is 35.7 Å². The molecule has 2 heterocycles. The second kappa shape index (κ2) is 11.6. The van der Waals surface area contributed by atoms with Gasteiger partial charge in [0.2, 0.25) is 0 Å². The van der Waals surface area contributed by atoms with Crippen molar-refractivity contribution >= 4 is 10.4 Å². The highest BCUT2D eigenvalue weighted by atomic mass is 32.3. The molecule has 0 spiro atoms. The summed E-state index contributed by atoms with van der Waals surface area (Å²) >= 11 is 0. The molecule has 2 fully saturated rings. The molecule has 5 rings (SSSR count). The standard InChI is InChI=1S/C27H28O8S/c28-36(29)33-19-23-24(35-36)25(30-16-20-10-4-1-5-11-20)26(31-17-21-12-6-2-7-13-21)27(34-23)32-18-22-14-8-3-9-15-22/h1-15,23-27H,16-19H2/t23-,24-,25+,26-,27-/m1/s1. The van der Waals surface area contributed by atoms with Gasteiger partial charge in [-0.15, -0.1) is 0 Å². The van der Waals surface area contributed by atoms with E-state index >= 15 is 0 Å². The van der Waals surface area contributed by atoms with Gasteiger partial charge in [0, 0.05) is 0 Å². The summed E-state index contributed by atoms with van der Waals surface area (Å²) in [5.41, 5.74) is 2.84. The summed E-state index contributed by atoms with van der Waals surface area (Å²) in [7, 11) is -4.19. The molecule has 36 heavy (non-hydrogen) atoms. The van der Waals surface area contributed by atoms with Gasteiger partial charge < -0.3 is 18.9 Å². The molecule has 2 aliphatic rings. The third-order valence-electron chi connectivity index (χ3n) is 6.02. The van der Waals surface area contributed by atoms with Gasteiger partial charge in [0.15, 0.2) is 6.29 Å². The Kier molecular flexibility index (Phi) is 8.08. The zero-order valence-electron chi connectivity index (χ0n) is 19.5. The third kappa shape index (κ3) is 6.37. The van der Waals surface area contributed by atoms with Crippen LogP contribution in [0.25, 0.3) is 0 Å². The molecule has 0 unspecified atom stereocenters. The second-order valence-corrected chi connectivity index (χ2v) is 9.86. The number of fused-ring (bicyclic) bond motifs is 1. The lowest BCUT2D eigenvalue weighted by Crippen LogP contribution is -2.63. The first-order valence-corrected chi connectivity index (χ1v) is 13.1. The number of hydrogen-bond acceptors (Lipinski definition) is 8. The number of benzene rings is 3. The van der Waals surface area contributed by atoms with Crippen LogP contribution in [0.3, 0.4) is 0 Å². The Morgan fingerprint density at radius 3 is 1.67 bits per heavy atom. The molecule has 8 nitrogen and oxygen atoms in total. The fourth-order valence-corrected chi connectivity index (χ4v) is 5.09. The van der Waals surface area contributed by atoms with Gasteiger partial charge in [0.25, 0.3) is 0 Å². The maximum absolute atomic E-state index is 12.2. The lowest BCUT2D eigenvalue weighted by Gasteiger charge is -2.46. The topological polar surface area (TPSA) is 89.5 Å². The maximum Gasteiger partial charge on any atom is 0.400 e. The zero-order valence-corrected chi connectivity index (χ0v) is 20.4. The largest absolute Gasteiger partial charge is 0.400 e. The molecule has 0 amide bonds. The Balaban J connectivity index is 1.41. The van der Waals surface area contributed by atoms with Crippen molar-refractivity contribution in [3.63, 3.8) is 0 Å². The first kappa shape index (κ1) is 25.0. The lowest BCUT2D eigenvalue weighted by atomic mass is 9.98. The summed E-state index contributed by atoms with van der Waals surface area (Å²) in [5, 5.41) is 0. The van der Waals surface area contributed by atoms with E-state index in [0.29, 0.717) is 0 Å². The minimum atomic E-state index is -4.19. The normalized spacial score (nSPS) is 27.3. The van der Waals surface area contributed by atoms with E-state index in [-0.39, 0.29) is 26.4 Å². The van der Waals surface area contributed by atoms with Gasteiger partial charge in [-0.1, -0.05) is 91.0 Å². The highest BCUT2D eigenvalue weighted by Crippen LogP contribution is 2.34. The number of hydrogen-bond donors (Lipinski definition) is 0. The van der Waals surface area contributed by atoms with E-state index in [1.165, 1.54) is 0 Å². The molecule has 190 valence electrons. The minimum Gasteiger partial charge on any atom is -0.368 e. The maximum atomic E-state index is 12.2. The smallest absolute Gasteiger partial charge is 0.368 e. The van der Waals surface area contributed by atoms with E-state index < -0.39 is 41.1 Å². The molecule has 3 aromatic rings. The second-order valence-electron chi connectivity index (χ2n) is 8.62. The molecule has 0 N–H and O–H groups in total. The van der Waals surface area contributed by atoms with Crippen LogP contribution in [-0.2, 0) is 57.5 Å². The molecule has 3 aromatic carbocycles. The summed E-state index contributed by atoms with van der Waals surface area (Å²) in [6, 6.07) is 29.0. The van der Waals surface area contributed by atoms with Crippen molar-refractivity contribution in [3.8, 4) is 0 Å². The Bertz CT molecular complexity index is 1190. The predicted octanol–water partition coefficient (Wildman–Crippen LogP) is 3.76. The van der Waals surface area contributed by atoms with Gasteiger partial charge >= 0.3 is 10.4 Å². The Morgan fingerprint density at radius 2 is 1.14 bits per heavy atom. The summed E-state index contributed by atoms with van der Waals surface area (Å²) in [5.74, 6) is 0. The molecule has 5 atom stereocenters. The van der Waals surface area contributed by atoms with Crippen molar-refractivity contribution in [1.82, 2.24) is 0 Å². The Morgan fingerprint density at radius 1 is 0.667 bits per heavy atom. The van der Waals surface area contributed by atoms with Crippen LogP contribution >= 0.6 is 0 Å². The summed E-state index contributed by atoms with van der Waals surface area (Å²) in [6.07, 6.45) is -4.08. The predicted molar refractivity (Wildman–Crippen MR) is 130 cm³/mol. The molecule has 2 aliphatic heterocycles. The van der Waals surface area contributed by atoms with Gasteiger partial charge in [0.05, 0.1) is 26.4 Å². The molecular formula is C27H28O8S. The SMILES string of the molecule is O=S1(=O)OC[C@H]2O[C@@H](OCc3ccccc3)[C@H](OCc3ccccc3)[C@@H](OCc3ccccc3)[C@@H]2O1. The molecule has 0 aromatic heterocycles. The third-order valence-corrected chi connectivity index (χ3v) is 6.91.